The second-order valence-corrected chi connectivity index (χ2v) is 11.3. The zero-order valence-corrected chi connectivity index (χ0v) is 20.8. The van der Waals surface area contributed by atoms with Crippen LogP contribution in [0.2, 0.25) is 0 Å². The topological polar surface area (TPSA) is 148 Å². The molecule has 0 aliphatic heterocycles. The summed E-state index contributed by atoms with van der Waals surface area (Å²) < 4.78 is 25.0. The smallest absolute Gasteiger partial charge is 0.231 e. The first-order valence-electron chi connectivity index (χ1n) is 9.86. The van der Waals surface area contributed by atoms with Crippen molar-refractivity contribution >= 4 is 45.1 Å². The number of nitrogens with one attached hydrogen (secondary N) is 2. The number of sulfone groups is 1. The van der Waals surface area contributed by atoms with Gasteiger partial charge in [-0.1, -0.05) is 11.8 Å². The second-order valence-electron chi connectivity index (χ2n) is 7.21. The SMILES string of the molecule is Cc1nc(Sc2cnc(Sc3ccc(S(C)(=O)=O)cc3)c(CC(=O)Nc3ccn(C)n3)n2)n[nH]1. The van der Waals surface area contributed by atoms with Crippen molar-refractivity contribution in [1.29, 1.82) is 0 Å². The number of hydrogen-bond acceptors (Lipinski definition) is 10. The van der Waals surface area contributed by atoms with Crippen molar-refractivity contribution in [3.63, 3.8) is 0 Å². The third kappa shape index (κ3) is 6.21. The minimum Gasteiger partial charge on any atom is -0.309 e. The molecule has 14 heteroatoms. The monoisotopic (exact) mass is 516 g/mol. The predicted molar refractivity (Wildman–Crippen MR) is 126 cm³/mol. The van der Waals surface area contributed by atoms with E-state index in [9.17, 15) is 13.2 Å². The first-order chi connectivity index (χ1) is 16.2. The molecule has 0 unspecified atom stereocenters. The standard InChI is InChI=1S/C20H20N8O3S3/c1-12-22-20(26-25-12)33-18-11-21-19(32-13-4-6-14(7-5-13)34(3,30)31)15(23-18)10-17(29)24-16-8-9-28(2)27-16/h4-9,11H,10H2,1-3H3,(H,22,25,26)(H,24,27,29). The number of carbonyl (C=O) groups is 1. The van der Waals surface area contributed by atoms with Crippen LogP contribution in [0.25, 0.3) is 0 Å². The van der Waals surface area contributed by atoms with Crippen LogP contribution in [0, 0.1) is 6.92 Å². The van der Waals surface area contributed by atoms with Gasteiger partial charge >= 0.3 is 0 Å². The third-order valence-corrected chi connectivity index (χ3v) is 7.27. The van der Waals surface area contributed by atoms with Crippen LogP contribution in [0.3, 0.4) is 0 Å². The summed E-state index contributed by atoms with van der Waals surface area (Å²) >= 11 is 2.52. The van der Waals surface area contributed by atoms with Gasteiger partial charge < -0.3 is 5.32 Å². The lowest BCUT2D eigenvalue weighted by molar-refractivity contribution is -0.115. The van der Waals surface area contributed by atoms with E-state index in [0.29, 0.717) is 32.5 Å². The molecule has 11 nitrogen and oxygen atoms in total. The summed E-state index contributed by atoms with van der Waals surface area (Å²) in [4.78, 5) is 27.1. The molecule has 3 heterocycles. The summed E-state index contributed by atoms with van der Waals surface area (Å²) in [5.74, 6) is 0.820. The Labute approximate surface area is 204 Å². The van der Waals surface area contributed by atoms with E-state index in [1.807, 2.05) is 0 Å². The number of amides is 1. The minimum atomic E-state index is -3.29. The molecule has 0 aliphatic carbocycles. The Hall–Kier alpha value is -3.23. The molecule has 1 amide bonds. The molecule has 0 saturated carbocycles. The average Bonchev–Trinajstić information content (AvgIpc) is 3.37. The van der Waals surface area contributed by atoms with Gasteiger partial charge in [0, 0.05) is 30.5 Å². The molecule has 0 aliphatic rings. The molecule has 34 heavy (non-hydrogen) atoms. The lowest BCUT2D eigenvalue weighted by Gasteiger charge is -2.09. The van der Waals surface area contributed by atoms with Gasteiger partial charge in [0.05, 0.1) is 23.2 Å². The van der Waals surface area contributed by atoms with E-state index in [1.165, 1.54) is 35.7 Å². The van der Waals surface area contributed by atoms with Crippen molar-refractivity contribution in [3.8, 4) is 0 Å². The summed E-state index contributed by atoms with van der Waals surface area (Å²) in [6, 6.07) is 8.15. The Morgan fingerprint density at radius 1 is 1.15 bits per heavy atom. The van der Waals surface area contributed by atoms with Crippen molar-refractivity contribution in [2.75, 3.05) is 11.6 Å². The lowest BCUT2D eigenvalue weighted by atomic mass is 10.3. The Balaban J connectivity index is 1.58. The largest absolute Gasteiger partial charge is 0.309 e. The molecule has 1 aromatic carbocycles. The Morgan fingerprint density at radius 2 is 1.91 bits per heavy atom. The van der Waals surface area contributed by atoms with Gasteiger partial charge in [-0.25, -0.2) is 23.4 Å². The number of rotatable bonds is 8. The molecule has 3 aromatic heterocycles. The van der Waals surface area contributed by atoms with Crippen LogP contribution < -0.4 is 5.32 Å². The van der Waals surface area contributed by atoms with Crippen LogP contribution in [0.15, 0.2) is 67.7 Å². The van der Waals surface area contributed by atoms with Crippen LogP contribution in [-0.4, -0.2) is 55.5 Å². The number of nitrogens with zero attached hydrogens (tertiary/aromatic N) is 6. The highest BCUT2D eigenvalue weighted by atomic mass is 32.2. The number of carbonyl (C=O) groups excluding carboxylic acids is 1. The van der Waals surface area contributed by atoms with Gasteiger partial charge in [-0.15, -0.1) is 5.10 Å². The van der Waals surface area contributed by atoms with Crippen molar-refractivity contribution in [2.24, 2.45) is 7.05 Å². The molecular formula is C20H20N8O3S3. The zero-order valence-electron chi connectivity index (χ0n) is 18.4. The van der Waals surface area contributed by atoms with Crippen LogP contribution in [-0.2, 0) is 28.1 Å². The molecule has 0 saturated heterocycles. The number of anilines is 1. The summed E-state index contributed by atoms with van der Waals surface area (Å²) in [6.07, 6.45) is 4.44. The quantitative estimate of drug-likeness (QED) is 0.358. The average molecular weight is 517 g/mol. The molecule has 0 radical (unpaired) electrons. The number of benzene rings is 1. The van der Waals surface area contributed by atoms with Gasteiger partial charge in [-0.2, -0.15) is 5.10 Å². The Bertz CT molecular complexity index is 1430. The summed E-state index contributed by atoms with van der Waals surface area (Å²) in [6.45, 7) is 1.80. The third-order valence-electron chi connectivity index (χ3n) is 4.33. The normalized spacial score (nSPS) is 11.5. The van der Waals surface area contributed by atoms with Crippen LogP contribution >= 0.6 is 23.5 Å². The lowest BCUT2D eigenvalue weighted by Crippen LogP contribution is -2.17. The summed E-state index contributed by atoms with van der Waals surface area (Å²) in [7, 11) is -1.53. The number of H-pyrrole nitrogens is 1. The van der Waals surface area contributed by atoms with Gasteiger partial charge in [0.2, 0.25) is 11.1 Å². The van der Waals surface area contributed by atoms with Gasteiger partial charge in [-0.05, 0) is 43.0 Å². The van der Waals surface area contributed by atoms with E-state index in [1.54, 1.807) is 49.2 Å². The summed E-state index contributed by atoms with van der Waals surface area (Å²) in [5.41, 5.74) is 0.461. The van der Waals surface area contributed by atoms with Gasteiger partial charge in [0.1, 0.15) is 15.9 Å². The van der Waals surface area contributed by atoms with E-state index in [0.717, 1.165) is 11.2 Å². The fourth-order valence-corrected chi connectivity index (χ4v) is 4.99. The molecule has 0 spiro atoms. The van der Waals surface area contributed by atoms with E-state index in [2.05, 4.69) is 35.6 Å². The maximum absolute atomic E-state index is 12.7. The van der Waals surface area contributed by atoms with Crippen molar-refractivity contribution in [2.45, 2.75) is 38.3 Å². The van der Waals surface area contributed by atoms with E-state index < -0.39 is 9.84 Å². The second kappa shape index (κ2) is 9.95. The van der Waals surface area contributed by atoms with Gasteiger partial charge in [0.15, 0.2) is 15.7 Å². The maximum Gasteiger partial charge on any atom is 0.231 e. The fourth-order valence-electron chi connectivity index (χ4n) is 2.80. The van der Waals surface area contributed by atoms with Crippen LogP contribution in [0.5, 0.6) is 0 Å². The maximum atomic E-state index is 12.7. The van der Waals surface area contributed by atoms with Gasteiger partial charge in [-0.3, -0.25) is 14.6 Å². The summed E-state index contributed by atoms with van der Waals surface area (Å²) in [5, 5.41) is 15.3. The molecule has 0 atom stereocenters. The number of aryl methyl sites for hydroxylation is 2. The van der Waals surface area contributed by atoms with Crippen molar-refractivity contribution in [1.82, 2.24) is 34.9 Å². The predicted octanol–water partition coefficient (Wildman–Crippen LogP) is 2.52. The van der Waals surface area contributed by atoms with Crippen molar-refractivity contribution < 1.29 is 13.2 Å². The molecule has 4 aromatic rings. The highest BCUT2D eigenvalue weighted by molar-refractivity contribution is 7.99. The van der Waals surface area contributed by atoms with Crippen molar-refractivity contribution in [3.05, 3.63) is 54.2 Å². The molecule has 0 bridgehead atoms. The molecule has 4 rings (SSSR count). The number of hydrogen-bond donors (Lipinski definition) is 2. The molecule has 176 valence electrons. The number of aromatic nitrogens is 7. The van der Waals surface area contributed by atoms with Crippen LogP contribution in [0.1, 0.15) is 11.5 Å². The zero-order chi connectivity index (χ0) is 24.3. The number of aromatic amines is 1. The molecule has 0 fully saturated rings. The minimum absolute atomic E-state index is 0.0330. The Morgan fingerprint density at radius 3 is 2.53 bits per heavy atom. The first kappa shape index (κ1) is 23.9. The van der Waals surface area contributed by atoms with Gasteiger partial charge in [0.25, 0.3) is 0 Å². The highest BCUT2D eigenvalue weighted by Crippen LogP contribution is 2.31. The van der Waals surface area contributed by atoms with E-state index in [4.69, 9.17) is 0 Å². The fraction of sp³-hybridized carbons (Fsp3) is 0.200. The molecule has 2 N–H and O–H groups in total. The highest BCUT2D eigenvalue weighted by Gasteiger charge is 2.17. The van der Waals surface area contributed by atoms with Crippen LogP contribution in [0.4, 0.5) is 5.82 Å². The van der Waals surface area contributed by atoms with E-state index >= 15 is 0 Å². The first-order valence-corrected chi connectivity index (χ1v) is 13.4. The molecular weight excluding hydrogens is 496 g/mol. The Kier molecular flexibility index (Phi) is 7.00. The van der Waals surface area contributed by atoms with E-state index in [-0.39, 0.29) is 17.2 Å².